The third-order valence-corrected chi connectivity index (χ3v) is 4.34. The molecule has 2 rings (SSSR count). The van der Waals surface area contributed by atoms with Gasteiger partial charge in [0.2, 0.25) is 5.91 Å². The number of thiazole rings is 1. The number of hydrogen-bond donors (Lipinski definition) is 2. The van der Waals surface area contributed by atoms with Gasteiger partial charge in [-0.15, -0.1) is 23.1 Å². The molecule has 0 fully saturated rings. The molecule has 0 bridgehead atoms. The maximum atomic E-state index is 11.8. The van der Waals surface area contributed by atoms with Crippen molar-refractivity contribution < 1.29 is 4.79 Å². The van der Waals surface area contributed by atoms with E-state index in [1.165, 1.54) is 23.1 Å². The lowest BCUT2D eigenvalue weighted by atomic mass is 10.2. The number of rotatable bonds is 4. The molecule has 100 valence electrons. The standard InChI is InChI=1S/C13H15N3OS2/c1-8-3-4-10(14)11(5-8)18-7-12(17)16-13-15-9(2)6-19-13/h3-6H,7,14H2,1-2H3,(H,15,16,17). The van der Waals surface area contributed by atoms with Crippen LogP contribution in [0.5, 0.6) is 0 Å². The Hall–Kier alpha value is -1.53. The van der Waals surface area contributed by atoms with Crippen molar-refractivity contribution in [2.75, 3.05) is 16.8 Å². The minimum absolute atomic E-state index is 0.0692. The third-order valence-electron chi connectivity index (χ3n) is 2.39. The van der Waals surface area contributed by atoms with Crippen LogP contribution in [0.2, 0.25) is 0 Å². The van der Waals surface area contributed by atoms with Gasteiger partial charge < -0.3 is 11.1 Å². The molecular formula is C13H15N3OS2. The molecule has 0 unspecified atom stereocenters. The number of aromatic nitrogens is 1. The van der Waals surface area contributed by atoms with Crippen LogP contribution >= 0.6 is 23.1 Å². The first-order chi connectivity index (χ1) is 9.04. The SMILES string of the molecule is Cc1ccc(N)c(SCC(=O)Nc2nc(C)cs2)c1. The Morgan fingerprint density at radius 2 is 2.26 bits per heavy atom. The van der Waals surface area contributed by atoms with Gasteiger partial charge in [0, 0.05) is 16.0 Å². The van der Waals surface area contributed by atoms with Crippen molar-refractivity contribution in [1.29, 1.82) is 0 Å². The Morgan fingerprint density at radius 3 is 2.95 bits per heavy atom. The lowest BCUT2D eigenvalue weighted by Gasteiger charge is -2.06. The van der Waals surface area contributed by atoms with Crippen LogP contribution in [0.4, 0.5) is 10.8 Å². The van der Waals surface area contributed by atoms with E-state index < -0.39 is 0 Å². The van der Waals surface area contributed by atoms with E-state index in [2.05, 4.69) is 10.3 Å². The molecule has 0 saturated carbocycles. The maximum absolute atomic E-state index is 11.8. The van der Waals surface area contributed by atoms with Crippen LogP contribution in [0.1, 0.15) is 11.3 Å². The van der Waals surface area contributed by atoms with E-state index in [0.29, 0.717) is 16.6 Å². The van der Waals surface area contributed by atoms with E-state index in [-0.39, 0.29) is 5.91 Å². The van der Waals surface area contributed by atoms with Gasteiger partial charge in [-0.3, -0.25) is 4.79 Å². The smallest absolute Gasteiger partial charge is 0.236 e. The number of nitrogens with zero attached hydrogens (tertiary/aromatic N) is 1. The van der Waals surface area contributed by atoms with Gasteiger partial charge in [0.1, 0.15) is 0 Å². The van der Waals surface area contributed by atoms with Gasteiger partial charge in [-0.1, -0.05) is 6.07 Å². The highest BCUT2D eigenvalue weighted by molar-refractivity contribution is 8.00. The fraction of sp³-hybridized carbons (Fsp3) is 0.231. The fourth-order valence-corrected chi connectivity index (χ4v) is 3.04. The molecule has 19 heavy (non-hydrogen) atoms. The number of carbonyl (C=O) groups excluding carboxylic acids is 1. The molecule has 1 amide bonds. The number of hydrogen-bond acceptors (Lipinski definition) is 5. The van der Waals surface area contributed by atoms with Gasteiger partial charge >= 0.3 is 0 Å². The highest BCUT2D eigenvalue weighted by Crippen LogP contribution is 2.26. The number of nitrogens with two attached hydrogens (primary N) is 1. The van der Waals surface area contributed by atoms with Gasteiger partial charge in [0.15, 0.2) is 5.13 Å². The Bertz CT molecular complexity index is 595. The van der Waals surface area contributed by atoms with Gasteiger partial charge in [-0.05, 0) is 31.5 Å². The van der Waals surface area contributed by atoms with Crippen LogP contribution in [0.3, 0.4) is 0 Å². The van der Waals surface area contributed by atoms with Crippen LogP contribution < -0.4 is 11.1 Å². The molecule has 0 aliphatic heterocycles. The number of aryl methyl sites for hydroxylation is 2. The van der Waals surface area contributed by atoms with Crippen molar-refractivity contribution in [3.63, 3.8) is 0 Å². The van der Waals surface area contributed by atoms with E-state index >= 15 is 0 Å². The second-order valence-electron chi connectivity index (χ2n) is 4.17. The number of nitrogen functional groups attached to an aromatic ring is 1. The lowest BCUT2D eigenvalue weighted by Crippen LogP contribution is -2.13. The minimum Gasteiger partial charge on any atom is -0.398 e. The van der Waals surface area contributed by atoms with Crippen molar-refractivity contribution >= 4 is 39.8 Å². The van der Waals surface area contributed by atoms with Crippen molar-refractivity contribution in [1.82, 2.24) is 4.98 Å². The normalized spacial score (nSPS) is 10.4. The van der Waals surface area contributed by atoms with Crippen molar-refractivity contribution in [3.05, 3.63) is 34.8 Å². The Balaban J connectivity index is 1.91. The number of carbonyl (C=O) groups is 1. The molecular weight excluding hydrogens is 278 g/mol. The molecule has 1 heterocycles. The largest absolute Gasteiger partial charge is 0.398 e. The number of nitrogens with one attached hydrogen (secondary N) is 1. The molecule has 0 aliphatic rings. The molecule has 0 saturated heterocycles. The van der Waals surface area contributed by atoms with Crippen molar-refractivity contribution in [2.24, 2.45) is 0 Å². The van der Waals surface area contributed by atoms with Crippen LogP contribution in [-0.2, 0) is 4.79 Å². The molecule has 0 spiro atoms. The number of amides is 1. The van der Waals surface area contributed by atoms with E-state index in [4.69, 9.17) is 5.73 Å². The summed E-state index contributed by atoms with van der Waals surface area (Å²) in [5, 5.41) is 5.32. The van der Waals surface area contributed by atoms with E-state index in [0.717, 1.165) is 16.2 Å². The summed E-state index contributed by atoms with van der Waals surface area (Å²) in [6.45, 7) is 3.90. The predicted molar refractivity (Wildman–Crippen MR) is 81.8 cm³/mol. The van der Waals surface area contributed by atoms with E-state index in [1.54, 1.807) is 0 Å². The molecule has 2 aromatic rings. The quantitative estimate of drug-likeness (QED) is 0.671. The van der Waals surface area contributed by atoms with Crippen molar-refractivity contribution in [3.8, 4) is 0 Å². The maximum Gasteiger partial charge on any atom is 0.236 e. The van der Waals surface area contributed by atoms with Gasteiger partial charge in [0.25, 0.3) is 0 Å². The Labute approximate surface area is 120 Å². The molecule has 6 heteroatoms. The van der Waals surface area contributed by atoms with Crippen LogP contribution in [0, 0.1) is 13.8 Å². The molecule has 1 aromatic carbocycles. The third kappa shape index (κ3) is 3.97. The van der Waals surface area contributed by atoms with Crippen molar-refractivity contribution in [2.45, 2.75) is 18.7 Å². The van der Waals surface area contributed by atoms with Crippen LogP contribution in [-0.4, -0.2) is 16.6 Å². The van der Waals surface area contributed by atoms with Gasteiger partial charge in [-0.25, -0.2) is 4.98 Å². The summed E-state index contributed by atoms with van der Waals surface area (Å²) in [5.74, 6) is 0.256. The summed E-state index contributed by atoms with van der Waals surface area (Å²) in [6.07, 6.45) is 0. The highest BCUT2D eigenvalue weighted by Gasteiger charge is 2.08. The summed E-state index contributed by atoms with van der Waals surface area (Å²) in [7, 11) is 0. The fourth-order valence-electron chi connectivity index (χ4n) is 1.48. The number of benzene rings is 1. The molecule has 3 N–H and O–H groups in total. The molecule has 0 radical (unpaired) electrons. The molecule has 1 aromatic heterocycles. The zero-order valence-electron chi connectivity index (χ0n) is 10.8. The predicted octanol–water partition coefficient (Wildman–Crippen LogP) is 3.07. The monoisotopic (exact) mass is 293 g/mol. The first-order valence-corrected chi connectivity index (χ1v) is 7.62. The number of anilines is 2. The summed E-state index contributed by atoms with van der Waals surface area (Å²) in [4.78, 5) is 16.9. The summed E-state index contributed by atoms with van der Waals surface area (Å²) < 4.78 is 0. The topological polar surface area (TPSA) is 68.0 Å². The zero-order chi connectivity index (χ0) is 13.8. The second kappa shape index (κ2) is 6.08. The van der Waals surface area contributed by atoms with E-state index in [9.17, 15) is 4.79 Å². The second-order valence-corrected chi connectivity index (χ2v) is 6.05. The van der Waals surface area contributed by atoms with Gasteiger partial charge in [0.05, 0.1) is 11.4 Å². The number of thioether (sulfide) groups is 1. The Kier molecular flexibility index (Phi) is 4.44. The van der Waals surface area contributed by atoms with Gasteiger partial charge in [-0.2, -0.15) is 0 Å². The molecule has 4 nitrogen and oxygen atoms in total. The summed E-state index contributed by atoms with van der Waals surface area (Å²) in [6, 6.07) is 5.80. The average Bonchev–Trinajstić information content (AvgIpc) is 2.76. The summed E-state index contributed by atoms with van der Waals surface area (Å²) >= 11 is 2.86. The first kappa shape index (κ1) is 13.9. The minimum atomic E-state index is -0.0692. The first-order valence-electron chi connectivity index (χ1n) is 5.75. The van der Waals surface area contributed by atoms with Crippen LogP contribution in [0.25, 0.3) is 0 Å². The average molecular weight is 293 g/mol. The Morgan fingerprint density at radius 1 is 1.47 bits per heavy atom. The lowest BCUT2D eigenvalue weighted by molar-refractivity contribution is -0.113. The molecule has 0 aliphatic carbocycles. The van der Waals surface area contributed by atoms with Crippen LogP contribution in [0.15, 0.2) is 28.5 Å². The zero-order valence-corrected chi connectivity index (χ0v) is 12.4. The molecule has 0 atom stereocenters. The van der Waals surface area contributed by atoms with E-state index in [1.807, 2.05) is 37.4 Å². The highest BCUT2D eigenvalue weighted by atomic mass is 32.2. The summed E-state index contributed by atoms with van der Waals surface area (Å²) in [5.41, 5.74) is 8.62.